The smallest absolute Gasteiger partial charge is 0.295 e. The summed E-state index contributed by atoms with van der Waals surface area (Å²) in [5.41, 5.74) is 1.55. The van der Waals surface area contributed by atoms with E-state index in [1.165, 1.54) is 0 Å². The number of anilines is 1. The van der Waals surface area contributed by atoms with Crippen molar-refractivity contribution >= 4 is 34.5 Å². The zero-order valence-corrected chi connectivity index (χ0v) is 17.4. The van der Waals surface area contributed by atoms with Gasteiger partial charge in [0.1, 0.15) is 5.76 Å². The standard InChI is InChI=1S/C23H20N2O4S/c1-3-18(26)23(14-16-10-6-4-7-11-16)21(27)25(22(28)30-23)19-15(2)29-20(24-19)17-12-8-5-9-13-17/h4-13H,3,14H2,1-2H3. The van der Waals surface area contributed by atoms with Gasteiger partial charge in [0.15, 0.2) is 16.3 Å². The number of oxazole rings is 1. The van der Waals surface area contributed by atoms with Gasteiger partial charge in [-0.05, 0) is 36.4 Å². The highest BCUT2D eigenvalue weighted by Crippen LogP contribution is 2.44. The van der Waals surface area contributed by atoms with Gasteiger partial charge in [0, 0.05) is 18.4 Å². The van der Waals surface area contributed by atoms with E-state index in [0.29, 0.717) is 11.7 Å². The van der Waals surface area contributed by atoms with Crippen LogP contribution in [0.15, 0.2) is 65.1 Å². The minimum atomic E-state index is -1.49. The quantitative estimate of drug-likeness (QED) is 0.533. The Morgan fingerprint density at radius 2 is 1.70 bits per heavy atom. The summed E-state index contributed by atoms with van der Waals surface area (Å²) in [6, 6.07) is 18.5. The first-order chi connectivity index (χ1) is 14.5. The Kier molecular flexibility index (Phi) is 5.30. The molecular formula is C23H20N2O4S. The van der Waals surface area contributed by atoms with E-state index in [1.807, 2.05) is 60.7 Å². The minimum Gasteiger partial charge on any atom is -0.439 e. The number of rotatable bonds is 6. The van der Waals surface area contributed by atoms with Crippen LogP contribution in [0.4, 0.5) is 10.6 Å². The fourth-order valence-electron chi connectivity index (χ4n) is 3.54. The molecular weight excluding hydrogens is 400 g/mol. The highest BCUT2D eigenvalue weighted by Gasteiger charge is 2.58. The maximum absolute atomic E-state index is 13.5. The first kappa shape index (κ1) is 20.1. The highest BCUT2D eigenvalue weighted by atomic mass is 32.2. The third-order valence-corrected chi connectivity index (χ3v) is 6.32. The van der Waals surface area contributed by atoms with Crippen LogP contribution in [0.3, 0.4) is 0 Å². The normalized spacial score (nSPS) is 18.8. The van der Waals surface area contributed by atoms with Gasteiger partial charge in [-0.1, -0.05) is 55.5 Å². The molecule has 2 heterocycles. The molecule has 7 heteroatoms. The number of carbonyl (C=O) groups excluding carboxylic acids is 3. The minimum absolute atomic E-state index is 0.134. The van der Waals surface area contributed by atoms with Crippen LogP contribution in [0.5, 0.6) is 0 Å². The number of aryl methyl sites for hydroxylation is 1. The lowest BCUT2D eigenvalue weighted by Gasteiger charge is -2.23. The van der Waals surface area contributed by atoms with E-state index in [1.54, 1.807) is 13.8 Å². The molecule has 0 spiro atoms. The number of hydrogen-bond acceptors (Lipinski definition) is 6. The molecule has 30 heavy (non-hydrogen) atoms. The predicted octanol–water partition coefficient (Wildman–Crippen LogP) is 4.81. The van der Waals surface area contributed by atoms with Gasteiger partial charge >= 0.3 is 0 Å². The van der Waals surface area contributed by atoms with Crippen molar-refractivity contribution < 1.29 is 18.8 Å². The average Bonchev–Trinajstić information content (AvgIpc) is 3.26. The number of nitrogens with zero attached hydrogens (tertiary/aromatic N) is 2. The molecule has 0 N–H and O–H groups in total. The lowest BCUT2D eigenvalue weighted by Crippen LogP contribution is -2.47. The Morgan fingerprint density at radius 3 is 2.33 bits per heavy atom. The molecule has 1 aromatic heterocycles. The van der Waals surface area contributed by atoms with Crippen molar-refractivity contribution in [3.8, 4) is 11.5 Å². The van der Waals surface area contributed by atoms with Crippen LogP contribution >= 0.6 is 11.8 Å². The van der Waals surface area contributed by atoms with E-state index >= 15 is 0 Å². The van der Waals surface area contributed by atoms with Crippen LogP contribution in [0, 0.1) is 6.92 Å². The predicted molar refractivity (Wildman–Crippen MR) is 115 cm³/mol. The third-order valence-electron chi connectivity index (χ3n) is 5.06. The lowest BCUT2D eigenvalue weighted by molar-refractivity contribution is -0.129. The second-order valence-corrected chi connectivity index (χ2v) is 8.29. The topological polar surface area (TPSA) is 80.5 Å². The fourth-order valence-corrected chi connectivity index (χ4v) is 4.77. The van der Waals surface area contributed by atoms with Crippen molar-refractivity contribution in [2.24, 2.45) is 0 Å². The van der Waals surface area contributed by atoms with Gasteiger partial charge in [0.05, 0.1) is 0 Å². The number of amides is 2. The summed E-state index contributed by atoms with van der Waals surface area (Å²) in [7, 11) is 0. The number of benzene rings is 2. The third kappa shape index (κ3) is 3.35. The zero-order chi connectivity index (χ0) is 21.3. The molecule has 4 rings (SSSR count). The molecule has 1 saturated heterocycles. The van der Waals surface area contributed by atoms with Crippen molar-refractivity contribution in [3.05, 3.63) is 72.0 Å². The summed E-state index contributed by atoms with van der Waals surface area (Å²) in [5.74, 6) is -0.0484. The number of aromatic nitrogens is 1. The Balaban J connectivity index is 1.74. The van der Waals surface area contributed by atoms with Gasteiger partial charge < -0.3 is 4.42 Å². The number of Topliss-reactive ketones (excluding diaryl/α,β-unsaturated/α-hetero) is 1. The number of hydrogen-bond donors (Lipinski definition) is 0. The molecule has 3 aromatic rings. The van der Waals surface area contributed by atoms with Crippen molar-refractivity contribution in [3.63, 3.8) is 0 Å². The summed E-state index contributed by atoms with van der Waals surface area (Å²) in [4.78, 5) is 44.8. The molecule has 0 radical (unpaired) electrons. The van der Waals surface area contributed by atoms with Gasteiger partial charge in [-0.3, -0.25) is 14.4 Å². The zero-order valence-electron chi connectivity index (χ0n) is 16.6. The van der Waals surface area contributed by atoms with Crippen LogP contribution in [-0.2, 0) is 16.0 Å². The molecule has 6 nitrogen and oxygen atoms in total. The van der Waals surface area contributed by atoms with Gasteiger partial charge in [-0.2, -0.15) is 4.98 Å². The molecule has 0 aliphatic carbocycles. The number of imide groups is 1. The summed E-state index contributed by atoms with van der Waals surface area (Å²) in [6.45, 7) is 3.35. The molecule has 2 aromatic carbocycles. The largest absolute Gasteiger partial charge is 0.439 e. The summed E-state index contributed by atoms with van der Waals surface area (Å²) in [5, 5.41) is -0.520. The van der Waals surface area contributed by atoms with Crippen LogP contribution in [0.1, 0.15) is 24.7 Å². The van der Waals surface area contributed by atoms with Crippen LogP contribution in [0.2, 0.25) is 0 Å². The van der Waals surface area contributed by atoms with Crippen molar-refractivity contribution in [2.45, 2.75) is 31.4 Å². The molecule has 2 amide bonds. The lowest BCUT2D eigenvalue weighted by atomic mass is 9.91. The molecule has 1 aliphatic rings. The maximum atomic E-state index is 13.5. The molecule has 0 saturated carbocycles. The first-order valence-electron chi connectivity index (χ1n) is 9.64. The Bertz CT molecular complexity index is 1110. The maximum Gasteiger partial charge on any atom is 0.295 e. The van der Waals surface area contributed by atoms with Gasteiger partial charge in [-0.25, -0.2) is 4.90 Å². The highest BCUT2D eigenvalue weighted by molar-refractivity contribution is 8.17. The van der Waals surface area contributed by atoms with Crippen molar-refractivity contribution in [1.29, 1.82) is 0 Å². The van der Waals surface area contributed by atoms with Crippen LogP contribution in [-0.4, -0.2) is 26.7 Å². The van der Waals surface area contributed by atoms with E-state index in [2.05, 4.69) is 4.98 Å². The second kappa shape index (κ2) is 7.91. The van der Waals surface area contributed by atoms with Crippen molar-refractivity contribution in [1.82, 2.24) is 4.98 Å². The Hall–Kier alpha value is -3.19. The van der Waals surface area contributed by atoms with Crippen LogP contribution < -0.4 is 4.90 Å². The number of ketones is 1. The molecule has 152 valence electrons. The molecule has 1 aliphatic heterocycles. The second-order valence-electron chi connectivity index (χ2n) is 7.04. The monoisotopic (exact) mass is 420 g/mol. The molecule has 1 atom stereocenters. The average molecular weight is 420 g/mol. The number of thioether (sulfide) groups is 1. The first-order valence-corrected chi connectivity index (χ1v) is 10.5. The van der Waals surface area contributed by atoms with E-state index in [-0.39, 0.29) is 24.4 Å². The molecule has 1 unspecified atom stereocenters. The van der Waals surface area contributed by atoms with E-state index < -0.39 is 15.9 Å². The number of carbonyl (C=O) groups is 3. The molecule has 1 fully saturated rings. The van der Waals surface area contributed by atoms with E-state index in [4.69, 9.17) is 4.42 Å². The van der Waals surface area contributed by atoms with Crippen molar-refractivity contribution in [2.75, 3.05) is 4.90 Å². The molecule has 0 bridgehead atoms. The Morgan fingerprint density at radius 1 is 1.07 bits per heavy atom. The summed E-state index contributed by atoms with van der Waals surface area (Å²) < 4.78 is 4.24. The summed E-state index contributed by atoms with van der Waals surface area (Å²) in [6.07, 6.45) is 0.300. The van der Waals surface area contributed by atoms with Gasteiger partial charge in [-0.15, -0.1) is 0 Å². The summed E-state index contributed by atoms with van der Waals surface area (Å²) >= 11 is 0.772. The Labute approximate surface area is 178 Å². The fraction of sp³-hybridized carbons (Fsp3) is 0.217. The van der Waals surface area contributed by atoms with Gasteiger partial charge in [0.2, 0.25) is 5.89 Å². The van der Waals surface area contributed by atoms with E-state index in [0.717, 1.165) is 27.8 Å². The van der Waals surface area contributed by atoms with E-state index in [9.17, 15) is 14.4 Å². The SMILES string of the molecule is CCC(=O)C1(Cc2ccccc2)SC(=O)N(c2nc(-c3ccccc3)oc2C)C1=O. The van der Waals surface area contributed by atoms with Gasteiger partial charge in [0.25, 0.3) is 11.1 Å². The van der Waals surface area contributed by atoms with Crippen LogP contribution in [0.25, 0.3) is 11.5 Å².